The van der Waals surface area contributed by atoms with Crippen LogP contribution in [0.4, 0.5) is 10.1 Å². The summed E-state index contributed by atoms with van der Waals surface area (Å²) >= 11 is 0. The number of nitrogen functional groups attached to an aromatic ring is 1. The van der Waals surface area contributed by atoms with Gasteiger partial charge in [-0.1, -0.05) is 0 Å². The van der Waals surface area contributed by atoms with Crippen LogP contribution in [0.2, 0.25) is 0 Å². The summed E-state index contributed by atoms with van der Waals surface area (Å²) in [4.78, 5) is 8.15. The molecular formula is C12H8FN3O. The Bertz CT molecular complexity index is 676. The van der Waals surface area contributed by atoms with Crippen LogP contribution >= 0.6 is 0 Å². The zero-order valence-corrected chi connectivity index (χ0v) is 8.72. The molecule has 0 radical (unpaired) electrons. The lowest BCUT2D eigenvalue weighted by atomic mass is 10.3. The first-order chi connectivity index (χ1) is 8.22. The molecule has 0 amide bonds. The summed E-state index contributed by atoms with van der Waals surface area (Å²) < 4.78 is 18.2. The molecule has 0 aliphatic carbocycles. The minimum atomic E-state index is -0.394. The largest absolute Gasteiger partial charge is 0.435 e. The van der Waals surface area contributed by atoms with Crippen molar-refractivity contribution in [2.24, 2.45) is 0 Å². The van der Waals surface area contributed by atoms with E-state index in [1.54, 1.807) is 18.2 Å². The van der Waals surface area contributed by atoms with Crippen molar-refractivity contribution in [1.29, 1.82) is 0 Å². The first kappa shape index (κ1) is 9.77. The molecule has 2 heterocycles. The fourth-order valence-corrected chi connectivity index (χ4v) is 1.55. The van der Waals surface area contributed by atoms with Crippen LogP contribution in [0.5, 0.6) is 0 Å². The van der Waals surface area contributed by atoms with Gasteiger partial charge in [-0.15, -0.1) is 0 Å². The second-order valence-electron chi connectivity index (χ2n) is 3.61. The van der Waals surface area contributed by atoms with Gasteiger partial charge in [0.1, 0.15) is 17.0 Å². The molecule has 0 unspecified atom stereocenters. The lowest BCUT2D eigenvalue weighted by Crippen LogP contribution is -1.83. The van der Waals surface area contributed by atoms with Crippen molar-refractivity contribution in [3.63, 3.8) is 0 Å². The van der Waals surface area contributed by atoms with E-state index in [0.717, 1.165) is 6.20 Å². The van der Waals surface area contributed by atoms with Crippen LogP contribution in [0, 0.1) is 5.82 Å². The molecule has 0 aliphatic heterocycles. The highest BCUT2D eigenvalue weighted by atomic mass is 19.1. The van der Waals surface area contributed by atoms with E-state index in [4.69, 9.17) is 10.2 Å². The number of hydrogen-bond donors (Lipinski definition) is 1. The first-order valence-electron chi connectivity index (χ1n) is 5.00. The topological polar surface area (TPSA) is 64.9 Å². The summed E-state index contributed by atoms with van der Waals surface area (Å²) in [5, 5.41) is 0. The quantitative estimate of drug-likeness (QED) is 0.651. The second kappa shape index (κ2) is 3.55. The van der Waals surface area contributed by atoms with E-state index >= 15 is 0 Å². The van der Waals surface area contributed by atoms with Gasteiger partial charge in [0.15, 0.2) is 5.58 Å². The predicted octanol–water partition coefficient (Wildman–Crippen LogP) is 2.61. The Kier molecular flexibility index (Phi) is 2.04. The summed E-state index contributed by atoms with van der Waals surface area (Å²) in [6.07, 6.45) is 1.12. The summed E-state index contributed by atoms with van der Waals surface area (Å²) in [5.41, 5.74) is 8.01. The van der Waals surface area contributed by atoms with Crippen molar-refractivity contribution in [2.45, 2.75) is 0 Å². The van der Waals surface area contributed by atoms with Crippen molar-refractivity contribution in [3.8, 4) is 11.6 Å². The highest BCUT2D eigenvalue weighted by molar-refractivity contribution is 5.78. The molecule has 5 heteroatoms. The Morgan fingerprint density at radius 2 is 2.06 bits per heavy atom. The van der Waals surface area contributed by atoms with Crippen molar-refractivity contribution in [2.75, 3.05) is 5.73 Å². The number of benzene rings is 1. The molecule has 4 nitrogen and oxygen atoms in total. The Hall–Kier alpha value is -2.43. The number of hydrogen-bond acceptors (Lipinski definition) is 4. The van der Waals surface area contributed by atoms with Gasteiger partial charge in [-0.05, 0) is 24.3 Å². The number of aromatic nitrogens is 2. The lowest BCUT2D eigenvalue weighted by molar-refractivity contribution is 0.608. The third-order valence-electron chi connectivity index (χ3n) is 2.36. The zero-order valence-electron chi connectivity index (χ0n) is 8.72. The molecule has 0 spiro atoms. The number of oxazole rings is 1. The molecule has 1 aromatic carbocycles. The molecule has 0 bridgehead atoms. The van der Waals surface area contributed by atoms with Crippen LogP contribution < -0.4 is 5.73 Å². The van der Waals surface area contributed by atoms with Gasteiger partial charge in [0.2, 0.25) is 5.89 Å². The molecule has 0 aliphatic rings. The van der Waals surface area contributed by atoms with E-state index in [2.05, 4.69) is 9.97 Å². The Morgan fingerprint density at radius 1 is 1.18 bits per heavy atom. The fraction of sp³-hybridized carbons (Fsp3) is 0. The number of fused-ring (bicyclic) bond motifs is 1. The number of nitrogens with zero attached hydrogens (tertiary/aromatic N) is 2. The standard InChI is InChI=1S/C12H8FN3O/c13-7-1-3-10(15-6-7)12-16-9-4-2-8(14)5-11(9)17-12/h1-6H,14H2. The molecule has 0 saturated heterocycles. The molecule has 3 rings (SSSR count). The SMILES string of the molecule is Nc1ccc2nc(-c3ccc(F)cn3)oc2c1. The van der Waals surface area contributed by atoms with Gasteiger partial charge in [-0.2, -0.15) is 0 Å². The van der Waals surface area contributed by atoms with Gasteiger partial charge in [-0.3, -0.25) is 0 Å². The van der Waals surface area contributed by atoms with Crippen LogP contribution in [0.25, 0.3) is 22.7 Å². The molecule has 84 valence electrons. The minimum absolute atomic E-state index is 0.352. The fourth-order valence-electron chi connectivity index (χ4n) is 1.55. The van der Waals surface area contributed by atoms with Crippen molar-refractivity contribution in [3.05, 3.63) is 42.3 Å². The van der Waals surface area contributed by atoms with E-state index in [0.29, 0.717) is 28.4 Å². The van der Waals surface area contributed by atoms with E-state index < -0.39 is 5.82 Å². The first-order valence-corrected chi connectivity index (χ1v) is 5.00. The van der Waals surface area contributed by atoms with E-state index in [1.165, 1.54) is 12.1 Å². The number of pyridine rings is 1. The number of rotatable bonds is 1. The maximum absolute atomic E-state index is 12.7. The van der Waals surface area contributed by atoms with Crippen LogP contribution in [-0.4, -0.2) is 9.97 Å². The zero-order chi connectivity index (χ0) is 11.8. The highest BCUT2D eigenvalue weighted by Gasteiger charge is 2.09. The van der Waals surface area contributed by atoms with Crippen molar-refractivity contribution in [1.82, 2.24) is 9.97 Å². The van der Waals surface area contributed by atoms with Crippen molar-refractivity contribution < 1.29 is 8.81 Å². The summed E-state index contributed by atoms with van der Waals surface area (Å²) in [6.45, 7) is 0. The van der Waals surface area contributed by atoms with Gasteiger partial charge in [0.25, 0.3) is 0 Å². The van der Waals surface area contributed by atoms with Crippen LogP contribution in [0.15, 0.2) is 40.9 Å². The van der Waals surface area contributed by atoms with E-state index in [-0.39, 0.29) is 0 Å². The summed E-state index contributed by atoms with van der Waals surface area (Å²) in [6, 6.07) is 8.03. The minimum Gasteiger partial charge on any atom is -0.435 e. The molecule has 2 aromatic heterocycles. The van der Waals surface area contributed by atoms with Crippen LogP contribution in [0.1, 0.15) is 0 Å². The smallest absolute Gasteiger partial charge is 0.246 e. The Labute approximate surface area is 95.9 Å². The Morgan fingerprint density at radius 3 is 2.82 bits per heavy atom. The lowest BCUT2D eigenvalue weighted by Gasteiger charge is -1.92. The van der Waals surface area contributed by atoms with Crippen molar-refractivity contribution >= 4 is 16.8 Å². The number of nitrogens with two attached hydrogens (primary N) is 1. The predicted molar refractivity (Wildman–Crippen MR) is 61.6 cm³/mol. The molecule has 0 saturated carbocycles. The summed E-state index contributed by atoms with van der Waals surface area (Å²) in [5.74, 6) is -0.0419. The highest BCUT2D eigenvalue weighted by Crippen LogP contribution is 2.24. The maximum atomic E-state index is 12.7. The third kappa shape index (κ3) is 1.71. The monoisotopic (exact) mass is 229 g/mol. The van der Waals surface area contributed by atoms with Gasteiger partial charge < -0.3 is 10.2 Å². The average molecular weight is 229 g/mol. The van der Waals surface area contributed by atoms with E-state index in [9.17, 15) is 4.39 Å². The number of halogens is 1. The molecule has 2 N–H and O–H groups in total. The molecule has 0 fully saturated rings. The van der Waals surface area contributed by atoms with Gasteiger partial charge in [0, 0.05) is 11.8 Å². The van der Waals surface area contributed by atoms with E-state index in [1.807, 2.05) is 0 Å². The molecule has 3 aromatic rings. The number of anilines is 1. The van der Waals surface area contributed by atoms with Gasteiger partial charge in [0.05, 0.1) is 6.20 Å². The average Bonchev–Trinajstić information content (AvgIpc) is 2.72. The normalized spacial score (nSPS) is 10.9. The van der Waals surface area contributed by atoms with Crippen LogP contribution in [0.3, 0.4) is 0 Å². The van der Waals surface area contributed by atoms with Crippen LogP contribution in [-0.2, 0) is 0 Å². The molecule has 0 atom stereocenters. The summed E-state index contributed by atoms with van der Waals surface area (Å²) in [7, 11) is 0. The Balaban J connectivity index is 2.14. The maximum Gasteiger partial charge on any atom is 0.246 e. The molecule has 17 heavy (non-hydrogen) atoms. The third-order valence-corrected chi connectivity index (χ3v) is 2.36. The van der Waals surface area contributed by atoms with Gasteiger partial charge >= 0.3 is 0 Å². The molecular weight excluding hydrogens is 221 g/mol. The second-order valence-corrected chi connectivity index (χ2v) is 3.61. The van der Waals surface area contributed by atoms with Gasteiger partial charge in [-0.25, -0.2) is 14.4 Å².